The quantitative estimate of drug-likeness (QED) is 0.682. The minimum Gasteiger partial charge on any atom is -0.437 e. The lowest BCUT2D eigenvalue weighted by atomic mass is 9.79. The minimum atomic E-state index is -0.248. The predicted molar refractivity (Wildman–Crippen MR) is 90.4 cm³/mol. The van der Waals surface area contributed by atoms with Crippen molar-refractivity contribution in [1.29, 1.82) is 0 Å². The maximum atomic E-state index is 9.50. The number of piperidine rings is 2. The highest BCUT2D eigenvalue weighted by Crippen LogP contribution is 2.21. The Hall–Kier alpha value is -0.0951. The second kappa shape index (κ2) is 11.5. The molecule has 0 aromatic rings. The van der Waals surface area contributed by atoms with Crippen molar-refractivity contribution in [3.05, 3.63) is 0 Å². The van der Waals surface area contributed by atoms with E-state index in [9.17, 15) is 5.02 Å². The molecule has 2 saturated heterocycles. The van der Waals surface area contributed by atoms with E-state index in [0.29, 0.717) is 18.7 Å². The van der Waals surface area contributed by atoms with E-state index in [0.717, 1.165) is 19.5 Å². The van der Waals surface area contributed by atoms with E-state index < -0.39 is 0 Å². The molecule has 0 spiro atoms. The number of hydrogen-bond acceptors (Lipinski definition) is 4. The lowest BCUT2D eigenvalue weighted by Crippen LogP contribution is -2.47. The van der Waals surface area contributed by atoms with Gasteiger partial charge in [0.1, 0.15) is 0 Å². The van der Waals surface area contributed by atoms with Crippen LogP contribution in [0, 0.1) is 0 Å². The summed E-state index contributed by atoms with van der Waals surface area (Å²) in [5.41, 5.74) is 0. The predicted octanol–water partition coefficient (Wildman–Crippen LogP) is 2.26. The molecule has 0 amide bonds. The lowest BCUT2D eigenvalue weighted by molar-refractivity contribution is 0.213. The lowest BCUT2D eigenvalue weighted by Gasteiger charge is -2.36. The first-order valence-electron chi connectivity index (χ1n) is 8.97. The van der Waals surface area contributed by atoms with E-state index in [1.807, 2.05) is 6.82 Å². The fraction of sp³-hybridized carbons (Fsp3) is 1.00. The summed E-state index contributed by atoms with van der Waals surface area (Å²) in [6.45, 7) is 6.66. The van der Waals surface area contributed by atoms with Gasteiger partial charge in [0.15, 0.2) is 0 Å². The summed E-state index contributed by atoms with van der Waals surface area (Å²) in [4.78, 5) is 2.24. The maximum absolute atomic E-state index is 9.50. The summed E-state index contributed by atoms with van der Waals surface area (Å²) in [5.74, 6) is 0. The van der Waals surface area contributed by atoms with Crippen LogP contribution in [0.15, 0.2) is 0 Å². The number of aliphatic hydroxyl groups excluding tert-OH is 1. The van der Waals surface area contributed by atoms with Crippen LogP contribution in [0.4, 0.5) is 0 Å². The van der Waals surface area contributed by atoms with Gasteiger partial charge >= 0.3 is 7.05 Å². The van der Waals surface area contributed by atoms with Crippen LogP contribution in [-0.2, 0) is 0 Å². The third-order valence-electron chi connectivity index (χ3n) is 4.66. The summed E-state index contributed by atoms with van der Waals surface area (Å²) in [7, 11) is -0.248. The fourth-order valence-electron chi connectivity index (χ4n) is 3.48. The monoisotopic (exact) mass is 298 g/mol. The van der Waals surface area contributed by atoms with Gasteiger partial charge in [-0.1, -0.05) is 26.2 Å². The van der Waals surface area contributed by atoms with Crippen LogP contribution >= 0.6 is 0 Å². The summed E-state index contributed by atoms with van der Waals surface area (Å²) in [5, 5.41) is 21.4. The smallest absolute Gasteiger partial charge is 0.376 e. The fourth-order valence-corrected chi connectivity index (χ4v) is 3.48. The van der Waals surface area contributed by atoms with E-state index >= 15 is 0 Å². The van der Waals surface area contributed by atoms with Gasteiger partial charge in [-0.2, -0.15) is 0 Å². The molecule has 5 heteroatoms. The first kappa shape index (κ1) is 19.0. The Bertz CT molecular complexity index is 244. The Morgan fingerprint density at radius 1 is 1.14 bits per heavy atom. The molecular weight excluding hydrogens is 263 g/mol. The van der Waals surface area contributed by atoms with Crippen LogP contribution in [-0.4, -0.2) is 53.8 Å². The molecule has 4 nitrogen and oxygen atoms in total. The minimum absolute atomic E-state index is 0.248. The van der Waals surface area contributed by atoms with E-state index in [1.54, 1.807) is 0 Å². The van der Waals surface area contributed by atoms with Crippen molar-refractivity contribution in [1.82, 2.24) is 10.1 Å². The van der Waals surface area contributed by atoms with Gasteiger partial charge in [-0.25, -0.2) is 0 Å². The van der Waals surface area contributed by atoms with Gasteiger partial charge in [-0.3, -0.25) is 0 Å². The molecule has 0 saturated carbocycles. The van der Waals surface area contributed by atoms with E-state index in [1.165, 1.54) is 51.4 Å². The van der Waals surface area contributed by atoms with Crippen LogP contribution in [0.25, 0.3) is 0 Å². The molecule has 2 aliphatic rings. The first-order valence-corrected chi connectivity index (χ1v) is 8.97. The number of aliphatic hydroxyl groups is 1. The molecule has 2 fully saturated rings. The van der Waals surface area contributed by atoms with E-state index in [4.69, 9.17) is 5.11 Å². The zero-order chi connectivity index (χ0) is 15.5. The molecule has 0 aromatic carbocycles. The van der Waals surface area contributed by atoms with Crippen LogP contribution in [0.3, 0.4) is 0 Å². The molecule has 0 aromatic heterocycles. The zero-order valence-electron chi connectivity index (χ0n) is 14.1. The second-order valence-electron chi connectivity index (χ2n) is 6.47. The molecule has 21 heavy (non-hydrogen) atoms. The van der Waals surface area contributed by atoms with Crippen molar-refractivity contribution >= 4 is 7.05 Å². The number of nitrogens with zero attached hydrogens (tertiary/aromatic N) is 1. The van der Waals surface area contributed by atoms with Crippen molar-refractivity contribution in [2.75, 3.05) is 19.7 Å². The third kappa shape index (κ3) is 7.64. The highest BCUT2D eigenvalue weighted by molar-refractivity contribution is 6.45. The normalized spacial score (nSPS) is 26.9. The molecule has 2 heterocycles. The van der Waals surface area contributed by atoms with Crippen LogP contribution in [0.1, 0.15) is 64.7 Å². The van der Waals surface area contributed by atoms with Gasteiger partial charge < -0.3 is 20.3 Å². The van der Waals surface area contributed by atoms with Crippen molar-refractivity contribution in [2.24, 2.45) is 0 Å². The zero-order valence-corrected chi connectivity index (χ0v) is 14.1. The van der Waals surface area contributed by atoms with Crippen molar-refractivity contribution in [2.45, 2.75) is 83.6 Å². The molecule has 2 atom stereocenters. The molecule has 2 rings (SSSR count). The molecule has 0 radical (unpaired) electrons. The van der Waals surface area contributed by atoms with Crippen LogP contribution in [0.5, 0.6) is 0 Å². The Kier molecular flexibility index (Phi) is 10.4. The van der Waals surface area contributed by atoms with Crippen molar-refractivity contribution in [3.8, 4) is 0 Å². The number of nitrogens with one attached hydrogen (secondary N) is 1. The maximum Gasteiger partial charge on any atom is 0.376 e. The van der Waals surface area contributed by atoms with Gasteiger partial charge in [0.25, 0.3) is 0 Å². The van der Waals surface area contributed by atoms with Crippen molar-refractivity contribution in [3.63, 3.8) is 0 Å². The largest absolute Gasteiger partial charge is 0.437 e. The topological polar surface area (TPSA) is 55.7 Å². The van der Waals surface area contributed by atoms with Gasteiger partial charge in [-0.15, -0.1) is 0 Å². The van der Waals surface area contributed by atoms with E-state index in [2.05, 4.69) is 17.1 Å². The molecule has 2 unspecified atom stereocenters. The Balaban J connectivity index is 0.000000219. The SMILES string of the molecule is CCCC1CCCCN1B(C)O.OCCC1CCCCN1. The molecule has 3 N–H and O–H groups in total. The van der Waals surface area contributed by atoms with Gasteiger partial charge in [0.2, 0.25) is 0 Å². The first-order chi connectivity index (χ1) is 10.2. The highest BCUT2D eigenvalue weighted by atomic mass is 16.3. The Morgan fingerprint density at radius 3 is 2.48 bits per heavy atom. The molecule has 0 aliphatic carbocycles. The van der Waals surface area contributed by atoms with Crippen LogP contribution in [0.2, 0.25) is 6.82 Å². The van der Waals surface area contributed by atoms with Crippen LogP contribution < -0.4 is 5.32 Å². The van der Waals surface area contributed by atoms with Gasteiger partial charge in [0, 0.05) is 18.7 Å². The Labute approximate surface area is 131 Å². The average molecular weight is 298 g/mol. The second-order valence-corrected chi connectivity index (χ2v) is 6.47. The summed E-state index contributed by atoms with van der Waals surface area (Å²) < 4.78 is 0. The number of rotatable bonds is 5. The Morgan fingerprint density at radius 2 is 1.90 bits per heavy atom. The highest BCUT2D eigenvalue weighted by Gasteiger charge is 2.26. The summed E-state index contributed by atoms with van der Waals surface area (Å²) in [6.07, 6.45) is 11.2. The van der Waals surface area contributed by atoms with Crippen molar-refractivity contribution < 1.29 is 10.1 Å². The molecular formula is C16H35BN2O2. The standard InChI is InChI=1S/C9H20BNO.C7H15NO/c1-3-6-9-7-4-5-8-11(9)10(2)12;9-6-4-7-3-1-2-5-8-7/h9,12H,3-8H2,1-2H3;7-9H,1-6H2. The summed E-state index contributed by atoms with van der Waals surface area (Å²) in [6, 6.07) is 1.24. The molecule has 124 valence electrons. The molecule has 2 aliphatic heterocycles. The van der Waals surface area contributed by atoms with Gasteiger partial charge in [-0.05, 0) is 58.4 Å². The molecule has 0 bridgehead atoms. The number of hydrogen-bond donors (Lipinski definition) is 3. The van der Waals surface area contributed by atoms with E-state index in [-0.39, 0.29) is 7.05 Å². The van der Waals surface area contributed by atoms with Gasteiger partial charge in [0.05, 0.1) is 0 Å². The third-order valence-corrected chi connectivity index (χ3v) is 4.66. The average Bonchev–Trinajstić information content (AvgIpc) is 2.50. The summed E-state index contributed by atoms with van der Waals surface area (Å²) >= 11 is 0.